The molecule has 0 bridgehead atoms. The SMILES string of the molecule is CC/C=C\C/C=C\C/C=C\C/C=C\C/C=C\CC(=O)OCC(COP(=O)(O)OCC(O)COP(=O)(O)OCC(COC(=O)C/C=C\C/C=C\C/C=C\C/C=C\C/C=C\CC)OC(=O)CCCCCCCCCCCCCCC)OC(=O)C/C=C\C/C=C\C/C=C\C/C=C\C/C=C\CC. The zero-order chi connectivity index (χ0) is 71.8. The van der Waals surface area contributed by atoms with Crippen LogP contribution in [-0.2, 0) is 65.4 Å². The minimum Gasteiger partial charge on any atom is -0.461 e. The van der Waals surface area contributed by atoms with Gasteiger partial charge in [-0.1, -0.05) is 287 Å². The lowest BCUT2D eigenvalue weighted by Crippen LogP contribution is -2.30. The number of aliphatic hydroxyl groups excluding tert-OH is 1. The van der Waals surface area contributed by atoms with Crippen molar-refractivity contribution in [1.82, 2.24) is 0 Å². The molecule has 0 aromatic carbocycles. The number of allylic oxidation sites excluding steroid dienone is 27. The van der Waals surface area contributed by atoms with Crippen molar-refractivity contribution in [2.24, 2.45) is 0 Å². The maximum absolute atomic E-state index is 13.0. The first-order valence-corrected chi connectivity index (χ1v) is 39.0. The molecule has 552 valence electrons. The van der Waals surface area contributed by atoms with Crippen molar-refractivity contribution in [2.45, 2.75) is 251 Å². The molecule has 0 radical (unpaired) electrons. The summed E-state index contributed by atoms with van der Waals surface area (Å²) >= 11 is 0. The number of phosphoric ester groups is 2. The van der Waals surface area contributed by atoms with Gasteiger partial charge in [0.2, 0.25) is 0 Å². The van der Waals surface area contributed by atoms with Crippen molar-refractivity contribution < 1.29 is 80.2 Å². The van der Waals surface area contributed by atoms with E-state index in [1.165, 1.54) is 51.4 Å². The van der Waals surface area contributed by atoms with Crippen LogP contribution in [0, 0.1) is 0 Å². The Morgan fingerprint density at radius 1 is 0.296 bits per heavy atom. The molecule has 0 spiro atoms. The van der Waals surface area contributed by atoms with E-state index in [2.05, 4.69) is 137 Å². The summed E-state index contributed by atoms with van der Waals surface area (Å²) in [6.45, 7) is 4.13. The number of aliphatic hydroxyl groups is 1. The molecule has 3 N–H and O–H groups in total. The smallest absolute Gasteiger partial charge is 0.461 e. The van der Waals surface area contributed by atoms with Crippen LogP contribution in [0.15, 0.2) is 182 Å². The van der Waals surface area contributed by atoms with E-state index in [0.29, 0.717) is 25.7 Å². The van der Waals surface area contributed by atoms with Crippen molar-refractivity contribution in [3.05, 3.63) is 182 Å². The van der Waals surface area contributed by atoms with Gasteiger partial charge >= 0.3 is 39.5 Å². The zero-order valence-electron chi connectivity index (χ0n) is 59.9. The predicted octanol–water partition coefficient (Wildman–Crippen LogP) is 20.4. The second kappa shape index (κ2) is 69.6. The normalized spacial score (nSPS) is 15.1. The van der Waals surface area contributed by atoms with Crippen LogP contribution in [-0.4, -0.2) is 96.7 Å². The van der Waals surface area contributed by atoms with E-state index in [9.17, 15) is 43.2 Å². The number of esters is 4. The van der Waals surface area contributed by atoms with Crippen molar-refractivity contribution >= 4 is 39.5 Å². The molecule has 19 heteroatoms. The third kappa shape index (κ3) is 68.7. The molecule has 17 nitrogen and oxygen atoms in total. The number of carbonyl (C=O) groups is 4. The topological polar surface area (TPSA) is 237 Å². The molecule has 0 amide bonds. The summed E-state index contributed by atoms with van der Waals surface area (Å²) < 4.78 is 67.9. The Balaban J connectivity index is 5.57. The van der Waals surface area contributed by atoms with Crippen LogP contribution in [0.3, 0.4) is 0 Å². The molecule has 5 unspecified atom stereocenters. The maximum atomic E-state index is 13.0. The number of rotatable bonds is 65. The molecule has 0 aliphatic carbocycles. The van der Waals surface area contributed by atoms with Crippen LogP contribution in [0.25, 0.3) is 0 Å². The molecule has 0 aromatic heterocycles. The van der Waals surface area contributed by atoms with Gasteiger partial charge in [-0.3, -0.25) is 37.3 Å². The Morgan fingerprint density at radius 3 is 0.816 bits per heavy atom. The second-order valence-electron chi connectivity index (χ2n) is 23.1. The number of carbonyl (C=O) groups excluding carboxylic acids is 4. The van der Waals surface area contributed by atoms with Crippen molar-refractivity contribution in [3.8, 4) is 0 Å². The quantitative estimate of drug-likeness (QED) is 0.0169. The minimum absolute atomic E-state index is 0.0671. The van der Waals surface area contributed by atoms with Crippen molar-refractivity contribution in [1.29, 1.82) is 0 Å². The second-order valence-corrected chi connectivity index (χ2v) is 26.0. The van der Waals surface area contributed by atoms with E-state index in [0.717, 1.165) is 103 Å². The minimum atomic E-state index is -5.03. The predicted molar refractivity (Wildman–Crippen MR) is 399 cm³/mol. The molecule has 0 aromatic rings. The van der Waals surface area contributed by atoms with E-state index >= 15 is 0 Å². The van der Waals surface area contributed by atoms with Crippen LogP contribution in [0.5, 0.6) is 0 Å². The Morgan fingerprint density at radius 2 is 0.531 bits per heavy atom. The van der Waals surface area contributed by atoms with Gasteiger partial charge in [0.25, 0.3) is 0 Å². The number of hydrogen-bond acceptors (Lipinski definition) is 15. The fourth-order valence-electron chi connectivity index (χ4n) is 8.62. The molecule has 98 heavy (non-hydrogen) atoms. The first-order valence-electron chi connectivity index (χ1n) is 36.0. The highest BCUT2D eigenvalue weighted by atomic mass is 31.2. The summed E-state index contributed by atoms with van der Waals surface area (Å²) in [7, 11) is -10.0. The van der Waals surface area contributed by atoms with Crippen molar-refractivity contribution in [2.75, 3.05) is 39.6 Å². The molecule has 0 saturated carbocycles. The van der Waals surface area contributed by atoms with Gasteiger partial charge in [0.05, 0.1) is 45.7 Å². The fraction of sp³-hybridized carbons (Fsp3) is 0.570. The third-order valence-electron chi connectivity index (χ3n) is 14.0. The van der Waals surface area contributed by atoms with Crippen LogP contribution in [0.1, 0.15) is 233 Å². The summed E-state index contributed by atoms with van der Waals surface area (Å²) in [5.41, 5.74) is 0. The van der Waals surface area contributed by atoms with Crippen LogP contribution >= 0.6 is 15.6 Å². The van der Waals surface area contributed by atoms with Crippen LogP contribution < -0.4 is 0 Å². The monoisotopic (exact) mass is 1410 g/mol. The van der Waals surface area contributed by atoms with E-state index in [1.807, 2.05) is 42.5 Å². The average molecular weight is 1410 g/mol. The first-order chi connectivity index (χ1) is 47.7. The summed E-state index contributed by atoms with van der Waals surface area (Å²) in [5.74, 6) is -2.64. The molecule has 0 saturated heterocycles. The Bertz CT molecular complexity index is 2580. The van der Waals surface area contributed by atoms with Crippen molar-refractivity contribution in [3.63, 3.8) is 0 Å². The Kier molecular flexibility index (Phi) is 65.5. The lowest BCUT2D eigenvalue weighted by Gasteiger charge is -2.21. The number of ether oxygens (including phenoxy) is 4. The van der Waals surface area contributed by atoms with Gasteiger partial charge in [0, 0.05) is 6.42 Å². The molecule has 0 aliphatic heterocycles. The van der Waals surface area contributed by atoms with Gasteiger partial charge in [-0.2, -0.15) is 0 Å². The van der Waals surface area contributed by atoms with Crippen LogP contribution in [0.4, 0.5) is 0 Å². The lowest BCUT2D eigenvalue weighted by atomic mass is 10.0. The average Bonchev–Trinajstić information content (AvgIpc) is 1.04. The lowest BCUT2D eigenvalue weighted by molar-refractivity contribution is -0.160. The van der Waals surface area contributed by atoms with E-state index in [1.54, 1.807) is 30.4 Å². The number of phosphoric acid groups is 2. The van der Waals surface area contributed by atoms with Crippen LogP contribution in [0.2, 0.25) is 0 Å². The fourth-order valence-corrected chi connectivity index (χ4v) is 10.2. The molecule has 0 fully saturated rings. The maximum Gasteiger partial charge on any atom is 0.472 e. The number of hydrogen-bond donors (Lipinski definition) is 3. The van der Waals surface area contributed by atoms with Gasteiger partial charge in [-0.25, -0.2) is 9.13 Å². The van der Waals surface area contributed by atoms with E-state index < -0.39 is 97.5 Å². The third-order valence-corrected chi connectivity index (χ3v) is 15.9. The van der Waals surface area contributed by atoms with E-state index in [-0.39, 0.29) is 25.7 Å². The summed E-state index contributed by atoms with van der Waals surface area (Å²) in [6, 6.07) is 0. The van der Waals surface area contributed by atoms with Gasteiger partial charge in [-0.15, -0.1) is 0 Å². The first kappa shape index (κ1) is 92.2. The highest BCUT2D eigenvalue weighted by Crippen LogP contribution is 2.45. The zero-order valence-corrected chi connectivity index (χ0v) is 61.7. The molecular formula is C79H124O17P2. The van der Waals surface area contributed by atoms with Gasteiger partial charge in [0.15, 0.2) is 12.2 Å². The summed E-state index contributed by atoms with van der Waals surface area (Å²) in [5, 5.41) is 10.6. The highest BCUT2D eigenvalue weighted by molar-refractivity contribution is 7.47. The number of unbranched alkanes of at least 4 members (excludes halogenated alkanes) is 12. The summed E-state index contributed by atoms with van der Waals surface area (Å²) in [6.07, 6.45) is 82.8. The van der Waals surface area contributed by atoms with Gasteiger partial charge < -0.3 is 33.8 Å². The molecular weight excluding hydrogens is 1280 g/mol. The van der Waals surface area contributed by atoms with E-state index in [4.69, 9.17) is 37.0 Å². The Labute approximate surface area is 590 Å². The van der Waals surface area contributed by atoms with Gasteiger partial charge in [-0.05, 0) is 103 Å². The summed E-state index contributed by atoms with van der Waals surface area (Å²) in [4.78, 5) is 72.5. The Hall–Kier alpha value is -5.84. The molecule has 0 aliphatic rings. The van der Waals surface area contributed by atoms with Gasteiger partial charge in [0.1, 0.15) is 19.3 Å². The standard InChI is InChI=1S/C79H124O17P2/c1-5-9-13-17-21-25-29-33-36-40-43-47-51-55-59-63-76(81)89-69-74(95-78(83)65-61-57-53-49-45-39-32-28-24-20-16-12-8-4)71-93-97(85,86)91-67-73(80)68-92-98(87,88)94-72-75(96-79(84)66-62-58-54-50-46-42-38-35-31-27-23-19-15-11-7-3)70-90-77(82)64-60-56-52-48-44-41-37-34-30-26-22-18-14-10-6-2/h9-11,13-15,21-23,25-27,33-38,43-44,46-48,50,55-56,58-60,62,73-75,80H,5-8,12,16-20,24,28-32,39-42,45,49,51-54,57,61,63-72H2,1-4H3,(H,85,86)(H,87,88)/b13-9-,14-10-,15-11-,25-21-,26-22-,27-23-,36-33-,37-34-,38-35-,47-43-,48-44-,50-46-,59-55-,60-56-,62-58-. The molecule has 5 atom stereocenters. The molecule has 0 heterocycles. The highest BCUT2D eigenvalue weighted by Gasteiger charge is 2.30. The largest absolute Gasteiger partial charge is 0.472 e. The molecule has 0 rings (SSSR count).